The normalized spacial score (nSPS) is 10.9. The molecule has 1 amide bonds. The lowest BCUT2D eigenvalue weighted by molar-refractivity contribution is -0.126. The number of hydrogen-bond donors (Lipinski definition) is 0. The number of nitrogens with zero attached hydrogens (tertiary/aromatic N) is 1. The van der Waals surface area contributed by atoms with Crippen molar-refractivity contribution >= 4 is 23.3 Å². The summed E-state index contributed by atoms with van der Waals surface area (Å²) in [7, 11) is 0. The van der Waals surface area contributed by atoms with Crippen LogP contribution in [0.1, 0.15) is 38.0 Å². The van der Waals surface area contributed by atoms with Gasteiger partial charge in [-0.1, -0.05) is 26.3 Å². The average Bonchev–Trinajstić information content (AvgIpc) is 2.84. The molecule has 0 unspecified atom stereocenters. The molecule has 3 heteroatoms. The van der Waals surface area contributed by atoms with Gasteiger partial charge in [-0.25, -0.2) is 0 Å². The number of amides is 1. The van der Waals surface area contributed by atoms with E-state index < -0.39 is 0 Å². The third kappa shape index (κ3) is 5.18. The van der Waals surface area contributed by atoms with Crippen LogP contribution in [0.5, 0.6) is 0 Å². The van der Waals surface area contributed by atoms with Crippen LogP contribution >= 0.6 is 11.3 Å². The van der Waals surface area contributed by atoms with Crippen molar-refractivity contribution in [1.82, 2.24) is 4.90 Å². The minimum atomic E-state index is 0.133. The fraction of sp³-hybridized carbons (Fsp3) is 0.500. The number of carbonyl (C=O) groups excluding carboxylic acids is 1. The molecule has 0 spiro atoms. The molecule has 0 N–H and O–H groups in total. The van der Waals surface area contributed by atoms with E-state index in [9.17, 15) is 4.79 Å². The largest absolute Gasteiger partial charge is 0.339 e. The molecule has 0 atom stereocenters. The van der Waals surface area contributed by atoms with E-state index in [2.05, 4.69) is 13.8 Å². The van der Waals surface area contributed by atoms with Crippen LogP contribution in [0, 0.1) is 0 Å². The zero-order valence-corrected chi connectivity index (χ0v) is 11.5. The first-order valence-electron chi connectivity index (χ1n) is 6.28. The van der Waals surface area contributed by atoms with Gasteiger partial charge in [0.15, 0.2) is 0 Å². The molecule has 2 nitrogen and oxygen atoms in total. The third-order valence-electron chi connectivity index (χ3n) is 2.52. The Balaban J connectivity index is 2.52. The Kier molecular flexibility index (Phi) is 6.63. The van der Waals surface area contributed by atoms with Crippen LogP contribution < -0.4 is 0 Å². The second-order valence-electron chi connectivity index (χ2n) is 4.03. The Morgan fingerprint density at radius 3 is 2.76 bits per heavy atom. The van der Waals surface area contributed by atoms with Crippen molar-refractivity contribution in [3.63, 3.8) is 0 Å². The fourth-order valence-electron chi connectivity index (χ4n) is 1.60. The quantitative estimate of drug-likeness (QED) is 0.675. The SMILES string of the molecule is CCCCN(CCC)C(=O)/C=C/c1cccs1. The molecule has 0 fully saturated rings. The summed E-state index contributed by atoms with van der Waals surface area (Å²) in [6, 6.07) is 4.01. The Morgan fingerprint density at radius 1 is 1.35 bits per heavy atom. The first-order chi connectivity index (χ1) is 8.27. The Hall–Kier alpha value is -1.09. The van der Waals surface area contributed by atoms with Gasteiger partial charge in [-0.05, 0) is 30.4 Å². The maximum absolute atomic E-state index is 12.0. The van der Waals surface area contributed by atoms with Crippen LogP contribution in [-0.2, 0) is 4.79 Å². The number of rotatable bonds is 7. The Labute approximate surface area is 108 Å². The van der Waals surface area contributed by atoms with E-state index in [4.69, 9.17) is 0 Å². The standard InChI is InChI=1S/C14H21NOS/c1-3-5-11-15(10-4-2)14(16)9-8-13-7-6-12-17-13/h6-9,12H,3-5,10-11H2,1-2H3/b9-8+. The van der Waals surface area contributed by atoms with Crippen LogP contribution in [0.25, 0.3) is 6.08 Å². The zero-order chi connectivity index (χ0) is 12.5. The molecule has 0 radical (unpaired) electrons. The molecule has 0 aliphatic carbocycles. The molecule has 0 saturated carbocycles. The molecule has 0 bridgehead atoms. The molecule has 0 saturated heterocycles. The molecule has 1 rings (SSSR count). The summed E-state index contributed by atoms with van der Waals surface area (Å²) in [4.78, 5) is 15.0. The molecule has 1 aromatic heterocycles. The minimum absolute atomic E-state index is 0.133. The monoisotopic (exact) mass is 251 g/mol. The van der Waals surface area contributed by atoms with Crippen molar-refractivity contribution in [2.75, 3.05) is 13.1 Å². The molecule has 94 valence electrons. The summed E-state index contributed by atoms with van der Waals surface area (Å²) in [5, 5.41) is 2.02. The molecule has 17 heavy (non-hydrogen) atoms. The summed E-state index contributed by atoms with van der Waals surface area (Å²) in [6.45, 7) is 5.98. The molecule has 0 aliphatic heterocycles. The molecule has 1 aromatic rings. The highest BCUT2D eigenvalue weighted by Gasteiger charge is 2.08. The Morgan fingerprint density at radius 2 is 2.18 bits per heavy atom. The minimum Gasteiger partial charge on any atom is -0.339 e. The highest BCUT2D eigenvalue weighted by atomic mass is 32.1. The Bertz CT molecular complexity index is 343. The van der Waals surface area contributed by atoms with E-state index in [0.717, 1.165) is 37.2 Å². The highest BCUT2D eigenvalue weighted by molar-refractivity contribution is 7.10. The van der Waals surface area contributed by atoms with E-state index in [1.807, 2.05) is 28.5 Å². The van der Waals surface area contributed by atoms with Gasteiger partial charge >= 0.3 is 0 Å². The number of thiophene rings is 1. The summed E-state index contributed by atoms with van der Waals surface area (Å²) >= 11 is 1.65. The van der Waals surface area contributed by atoms with Gasteiger partial charge in [0, 0.05) is 24.0 Å². The second-order valence-corrected chi connectivity index (χ2v) is 5.01. The van der Waals surface area contributed by atoms with Gasteiger partial charge in [-0.15, -0.1) is 11.3 Å². The maximum Gasteiger partial charge on any atom is 0.246 e. The van der Waals surface area contributed by atoms with Gasteiger partial charge in [0.05, 0.1) is 0 Å². The van der Waals surface area contributed by atoms with E-state index in [1.54, 1.807) is 17.4 Å². The number of hydrogen-bond acceptors (Lipinski definition) is 2. The maximum atomic E-state index is 12.0. The molecule has 0 aromatic carbocycles. The topological polar surface area (TPSA) is 20.3 Å². The predicted octanol–water partition coefficient (Wildman–Crippen LogP) is 3.80. The summed E-state index contributed by atoms with van der Waals surface area (Å²) < 4.78 is 0. The van der Waals surface area contributed by atoms with E-state index in [0.29, 0.717) is 0 Å². The van der Waals surface area contributed by atoms with Crippen LogP contribution in [-0.4, -0.2) is 23.9 Å². The average molecular weight is 251 g/mol. The fourth-order valence-corrected chi connectivity index (χ4v) is 2.21. The number of unbranched alkanes of at least 4 members (excludes halogenated alkanes) is 1. The molecular weight excluding hydrogens is 230 g/mol. The first-order valence-corrected chi connectivity index (χ1v) is 7.16. The van der Waals surface area contributed by atoms with Crippen LogP contribution in [0.15, 0.2) is 23.6 Å². The third-order valence-corrected chi connectivity index (χ3v) is 3.36. The molecule has 1 heterocycles. The van der Waals surface area contributed by atoms with Crippen molar-refractivity contribution in [3.8, 4) is 0 Å². The lowest BCUT2D eigenvalue weighted by atomic mass is 10.3. The van der Waals surface area contributed by atoms with E-state index >= 15 is 0 Å². The first kappa shape index (κ1) is 14.0. The lowest BCUT2D eigenvalue weighted by Gasteiger charge is -2.19. The van der Waals surface area contributed by atoms with Gasteiger partial charge in [-0.3, -0.25) is 4.79 Å². The molecule has 0 aliphatic rings. The second kappa shape index (κ2) is 8.07. The van der Waals surface area contributed by atoms with Crippen molar-refractivity contribution in [2.24, 2.45) is 0 Å². The van der Waals surface area contributed by atoms with Crippen molar-refractivity contribution < 1.29 is 4.79 Å². The van der Waals surface area contributed by atoms with Crippen molar-refractivity contribution in [1.29, 1.82) is 0 Å². The van der Waals surface area contributed by atoms with E-state index in [-0.39, 0.29) is 5.91 Å². The van der Waals surface area contributed by atoms with Gasteiger partial charge in [0.2, 0.25) is 5.91 Å². The van der Waals surface area contributed by atoms with Crippen LogP contribution in [0.3, 0.4) is 0 Å². The smallest absolute Gasteiger partial charge is 0.246 e. The highest BCUT2D eigenvalue weighted by Crippen LogP contribution is 2.10. The summed E-state index contributed by atoms with van der Waals surface area (Å²) in [6.07, 6.45) is 6.82. The van der Waals surface area contributed by atoms with Crippen molar-refractivity contribution in [3.05, 3.63) is 28.5 Å². The lowest BCUT2D eigenvalue weighted by Crippen LogP contribution is -2.31. The van der Waals surface area contributed by atoms with Crippen LogP contribution in [0.2, 0.25) is 0 Å². The van der Waals surface area contributed by atoms with Gasteiger partial charge < -0.3 is 4.90 Å². The zero-order valence-electron chi connectivity index (χ0n) is 10.7. The van der Waals surface area contributed by atoms with E-state index in [1.165, 1.54) is 0 Å². The van der Waals surface area contributed by atoms with Gasteiger partial charge in [0.1, 0.15) is 0 Å². The van der Waals surface area contributed by atoms with Gasteiger partial charge in [0.25, 0.3) is 0 Å². The summed E-state index contributed by atoms with van der Waals surface area (Å²) in [5.41, 5.74) is 0. The predicted molar refractivity (Wildman–Crippen MR) is 75.1 cm³/mol. The number of carbonyl (C=O) groups is 1. The summed E-state index contributed by atoms with van der Waals surface area (Å²) in [5.74, 6) is 0.133. The van der Waals surface area contributed by atoms with Crippen LogP contribution in [0.4, 0.5) is 0 Å². The van der Waals surface area contributed by atoms with Crippen molar-refractivity contribution in [2.45, 2.75) is 33.1 Å². The molecular formula is C14H21NOS. The van der Waals surface area contributed by atoms with Gasteiger partial charge in [-0.2, -0.15) is 0 Å².